The molecule has 8 rings (SSSR count). The van der Waals surface area contributed by atoms with Crippen LogP contribution in [-0.4, -0.2) is 15.5 Å². The Morgan fingerprint density at radius 2 is 1.16 bits per heavy atom. The molecule has 5 aromatic rings. The number of benzene rings is 4. The molecule has 55 heavy (non-hydrogen) atoms. The normalized spacial score (nSPS) is 14.7. The second kappa shape index (κ2) is 17.7. The average Bonchev–Trinajstić information content (AvgIpc) is 3.75. The Balaban J connectivity index is 0.000000196. The Bertz CT molecular complexity index is 2190. The maximum atomic E-state index is 5.84. The fourth-order valence-electron chi connectivity index (χ4n) is 8.24. The number of hydrogen-bond donors (Lipinski definition) is 0. The molecule has 6 heteroatoms. The molecule has 3 aliphatic carbocycles. The van der Waals surface area contributed by atoms with Crippen LogP contribution in [0.1, 0.15) is 97.2 Å². The van der Waals surface area contributed by atoms with Crippen molar-refractivity contribution in [2.24, 2.45) is 0 Å². The monoisotopic (exact) mass is 900 g/mol. The summed E-state index contributed by atoms with van der Waals surface area (Å²) in [4.78, 5) is 0. The molecule has 0 spiro atoms. The minimum absolute atomic E-state index is 0. The number of fused-ring (bicyclic) bond motifs is 5. The summed E-state index contributed by atoms with van der Waals surface area (Å²) < 4.78 is 4.66. The first-order valence-electron chi connectivity index (χ1n) is 18.7. The van der Waals surface area contributed by atoms with Crippen molar-refractivity contribution in [3.8, 4) is 11.1 Å². The summed E-state index contributed by atoms with van der Waals surface area (Å²) in [6, 6.07) is 30.4. The zero-order chi connectivity index (χ0) is 38.5. The molecule has 0 radical (unpaired) electrons. The molecule has 0 aromatic heterocycles. The number of halogens is 4. The second-order valence-electron chi connectivity index (χ2n) is 17.1. The predicted octanol–water partition coefficient (Wildman–Crippen LogP) is 13.9. The topological polar surface area (TPSA) is 0 Å². The summed E-state index contributed by atoms with van der Waals surface area (Å²) in [5.74, 6) is 0. The van der Waals surface area contributed by atoms with Crippen LogP contribution in [0.3, 0.4) is 0 Å². The van der Waals surface area contributed by atoms with E-state index in [1.54, 1.807) is 5.19 Å². The van der Waals surface area contributed by atoms with Crippen molar-refractivity contribution < 1.29 is 22.3 Å². The van der Waals surface area contributed by atoms with Crippen LogP contribution in [0.25, 0.3) is 22.3 Å². The third-order valence-corrected chi connectivity index (χ3v) is 15.8. The number of rotatable bonds is 3. The van der Waals surface area contributed by atoms with Gasteiger partial charge in [0.1, 0.15) is 0 Å². The first-order valence-corrected chi connectivity index (χ1v) is 25.8. The molecule has 0 aliphatic heterocycles. The Morgan fingerprint density at radius 1 is 0.673 bits per heavy atom. The first-order chi connectivity index (χ1) is 24.8. The van der Waals surface area contributed by atoms with Gasteiger partial charge in [-0.05, 0) is 58.4 Å². The van der Waals surface area contributed by atoms with Gasteiger partial charge >= 0.3 is 123 Å². The van der Waals surface area contributed by atoms with E-state index in [0.29, 0.717) is 0 Å². The van der Waals surface area contributed by atoms with E-state index < -0.39 is 30.3 Å². The quantitative estimate of drug-likeness (QED) is 0.123. The van der Waals surface area contributed by atoms with Gasteiger partial charge in [0, 0.05) is 13.5 Å². The molecule has 3 aliphatic rings. The Labute approximate surface area is 365 Å². The average molecular weight is 904 g/mol. The molecule has 0 atom stereocenters. The molecule has 0 heterocycles. The van der Waals surface area contributed by atoms with Crippen molar-refractivity contribution in [3.05, 3.63) is 163 Å². The summed E-state index contributed by atoms with van der Waals surface area (Å²) in [7, 11) is -1.06. The van der Waals surface area contributed by atoms with Gasteiger partial charge in [0.15, 0.2) is 0 Å². The molecule has 288 valence electrons. The van der Waals surface area contributed by atoms with Gasteiger partial charge < -0.3 is 0 Å². The second-order valence-corrected chi connectivity index (χ2v) is 25.3. The first kappa shape index (κ1) is 45.4. The number of aryl methyl sites for hydroxylation is 2. The van der Waals surface area contributed by atoms with Gasteiger partial charge in [-0.1, -0.05) is 91.7 Å². The summed E-state index contributed by atoms with van der Waals surface area (Å²) in [6.45, 7) is 25.3. The van der Waals surface area contributed by atoms with Crippen molar-refractivity contribution >= 4 is 79.8 Å². The fraction of sp³-hybridized carbons (Fsp3) is 0.286. The third kappa shape index (κ3) is 10.2. The van der Waals surface area contributed by atoms with Crippen LogP contribution >= 0.6 is 48.0 Å². The van der Waals surface area contributed by atoms with Crippen LogP contribution in [0, 0.1) is 19.9 Å². The molecular formula is C49H54Cl4SiZr-2. The van der Waals surface area contributed by atoms with E-state index in [1.807, 2.05) is 24.3 Å². The zero-order valence-corrected chi connectivity index (χ0v) is 40.7. The molecule has 0 amide bonds. The third-order valence-electron chi connectivity index (χ3n) is 10.7. The van der Waals surface area contributed by atoms with Crippen LogP contribution in [0.15, 0.2) is 91.0 Å². The fourth-order valence-corrected chi connectivity index (χ4v) is 12.5. The molecule has 0 saturated carbocycles. The van der Waals surface area contributed by atoms with Crippen molar-refractivity contribution in [2.45, 2.75) is 92.3 Å². The molecule has 0 unspecified atom stereocenters. The summed E-state index contributed by atoms with van der Waals surface area (Å²) in [5, 5.41) is 3.19. The molecule has 0 bridgehead atoms. The van der Waals surface area contributed by atoms with E-state index in [4.69, 9.17) is 23.2 Å². The van der Waals surface area contributed by atoms with Gasteiger partial charge in [0.2, 0.25) is 0 Å². The molecule has 0 nitrogen and oxygen atoms in total. The SMILES string of the molecule is CC1=[C-]C(C)(C)c2cc3c(cc21)-c1cc2c(cc1C3)C(C)(C)C=C2C.Cc1cc([Si](C)(C)C)c(C)[cH-]1.Cl.Cl.Clc1ccc([CH]=[Zr]=[CH]c2ccc(Cl)cc2)cc1. The number of hydrogen-bond acceptors (Lipinski definition) is 0. The van der Waals surface area contributed by atoms with E-state index in [-0.39, 0.29) is 35.6 Å². The predicted molar refractivity (Wildman–Crippen MR) is 249 cm³/mol. The molecule has 0 fully saturated rings. The maximum absolute atomic E-state index is 5.84. The standard InChI is InChI=1S/C25H25.C10H17Si.2C7H5Cl.2ClH.Zr/c1-14-12-24(3,4)22-8-16-7-17-9-23-19(15(2)13-25(23,5)6)11-21(17)20(16)10-18(14)22;1-8-6-9(2)10(7-8)11(3,4)5;2*1-6-2-4-7(8)5-3-6;;;/h8-12H,7H2,1-6H3;6-7H,1-5H3;2*1-5H;2*1H;/q2*-1;;;;;. The van der Waals surface area contributed by atoms with E-state index in [0.717, 1.165) is 16.5 Å². The van der Waals surface area contributed by atoms with E-state index in [2.05, 4.69) is 155 Å². The van der Waals surface area contributed by atoms with Gasteiger partial charge in [-0.3, -0.25) is 6.08 Å². The Kier molecular flexibility index (Phi) is 14.6. The van der Waals surface area contributed by atoms with Crippen LogP contribution < -0.4 is 5.19 Å². The molecular weight excluding hydrogens is 850 g/mol. The summed E-state index contributed by atoms with van der Waals surface area (Å²) >= 11 is 11.0. The molecule has 5 aromatic carbocycles. The summed E-state index contributed by atoms with van der Waals surface area (Å²) in [5.41, 5.74) is 20.0. The molecule has 0 N–H and O–H groups in total. The number of allylic oxidation sites excluding steroid dienone is 4. The van der Waals surface area contributed by atoms with Crippen LogP contribution in [0.2, 0.25) is 29.7 Å². The summed E-state index contributed by atoms with van der Waals surface area (Å²) in [6.07, 6.45) is 7.13. The van der Waals surface area contributed by atoms with Crippen molar-refractivity contribution in [2.75, 3.05) is 0 Å². The van der Waals surface area contributed by atoms with Crippen LogP contribution in [0.5, 0.6) is 0 Å². The van der Waals surface area contributed by atoms with Crippen molar-refractivity contribution in [3.63, 3.8) is 0 Å². The van der Waals surface area contributed by atoms with Gasteiger partial charge in [-0.25, -0.2) is 11.6 Å². The zero-order valence-electron chi connectivity index (χ0n) is 34.1. The minimum atomic E-state index is -1.06. The van der Waals surface area contributed by atoms with Gasteiger partial charge in [0.05, 0.1) is 0 Å². The van der Waals surface area contributed by atoms with Gasteiger partial charge in [-0.2, -0.15) is 27.9 Å². The van der Waals surface area contributed by atoms with E-state index >= 15 is 0 Å². The Morgan fingerprint density at radius 3 is 1.62 bits per heavy atom. The molecule has 0 saturated heterocycles. The van der Waals surface area contributed by atoms with Crippen molar-refractivity contribution in [1.82, 2.24) is 0 Å². The van der Waals surface area contributed by atoms with E-state index in [1.165, 1.54) is 77.9 Å². The van der Waals surface area contributed by atoms with E-state index in [9.17, 15) is 0 Å². The van der Waals surface area contributed by atoms with Gasteiger partial charge in [-0.15, -0.1) is 36.4 Å². The van der Waals surface area contributed by atoms with Crippen LogP contribution in [-0.2, 0) is 39.5 Å². The van der Waals surface area contributed by atoms with Gasteiger partial charge in [0.25, 0.3) is 0 Å². The van der Waals surface area contributed by atoms with Crippen molar-refractivity contribution in [1.29, 1.82) is 0 Å². The van der Waals surface area contributed by atoms with Crippen LogP contribution in [0.4, 0.5) is 0 Å². The Hall–Kier alpha value is -2.29.